The van der Waals surface area contributed by atoms with Crippen molar-refractivity contribution in [2.24, 2.45) is 17.8 Å². The number of halogens is 1. The molecule has 1 nitrogen and oxygen atoms in total. The van der Waals surface area contributed by atoms with Gasteiger partial charge in [-0.3, -0.25) is 0 Å². The Bertz CT molecular complexity index is 202. The summed E-state index contributed by atoms with van der Waals surface area (Å²) in [7, 11) is 0. The van der Waals surface area contributed by atoms with Gasteiger partial charge in [-0.05, 0) is 50.1 Å². The predicted octanol–water partition coefficient (Wildman–Crippen LogP) is 3.60. The van der Waals surface area contributed by atoms with E-state index in [4.69, 9.17) is 11.5 Å². The number of hydrogen-bond acceptors (Lipinski definition) is 1. The van der Waals surface area contributed by atoms with E-state index in [9.17, 15) is 0 Å². The fraction of sp³-hybridized carbons (Fsp3) is 1.00. The Morgan fingerprint density at radius 3 is 2.12 bits per heavy atom. The fourth-order valence-electron chi connectivity index (χ4n) is 3.90. The lowest BCUT2D eigenvalue weighted by molar-refractivity contribution is 0.153. The first-order valence-corrected chi connectivity index (χ1v) is 7.51. The Hall–Kier alpha value is 0.315. The lowest BCUT2D eigenvalue weighted by atomic mass is 9.50. The maximum absolute atomic E-state index is 6.32. The van der Waals surface area contributed by atoms with Gasteiger partial charge in [0.1, 0.15) is 0 Å². The van der Waals surface area contributed by atoms with Crippen LogP contribution in [0.2, 0.25) is 12.6 Å². The molecule has 0 aromatic heterocycles. The quantitative estimate of drug-likeness (QED) is 0.680. The molecular weight excluding hydrogens is 216 g/mol. The van der Waals surface area contributed by atoms with Crippen molar-refractivity contribution in [3.8, 4) is 0 Å². The van der Waals surface area contributed by atoms with Crippen molar-refractivity contribution in [2.45, 2.75) is 45.8 Å². The molecule has 1 saturated carbocycles. The summed E-state index contributed by atoms with van der Waals surface area (Å²) in [6.45, 7) is 8.30. The predicted molar refractivity (Wildman–Crippen MR) is 73.3 cm³/mol. The Kier molecular flexibility index (Phi) is 4.61. The van der Waals surface area contributed by atoms with Crippen LogP contribution in [0, 0.1) is 17.8 Å². The Labute approximate surface area is 106 Å². The molecule has 1 aliphatic heterocycles. The largest absolute Gasteiger partial charge is 0.304 e. The third-order valence-corrected chi connectivity index (χ3v) is 4.95. The summed E-state index contributed by atoms with van der Waals surface area (Å²) in [6.07, 6.45) is 7.41. The minimum atomic E-state index is 0.484. The highest BCUT2D eigenvalue weighted by Crippen LogP contribution is 2.44. The Morgan fingerprint density at radius 2 is 1.62 bits per heavy atom. The average Bonchev–Trinajstić information content (AvgIpc) is 2.24. The highest BCUT2D eigenvalue weighted by Gasteiger charge is 2.37. The van der Waals surface area contributed by atoms with Gasteiger partial charge in [-0.1, -0.05) is 26.5 Å². The van der Waals surface area contributed by atoms with Crippen LogP contribution in [0.25, 0.3) is 0 Å². The maximum atomic E-state index is 6.32. The van der Waals surface area contributed by atoms with E-state index < -0.39 is 0 Å². The number of nitrogens with zero attached hydrogens (tertiary/aromatic N) is 1. The van der Waals surface area contributed by atoms with Gasteiger partial charge in [-0.25, -0.2) is 0 Å². The minimum absolute atomic E-state index is 0.484. The van der Waals surface area contributed by atoms with E-state index in [-0.39, 0.29) is 0 Å². The summed E-state index contributed by atoms with van der Waals surface area (Å²) in [5.74, 6) is 2.83. The van der Waals surface area contributed by atoms with E-state index >= 15 is 0 Å². The molecule has 0 radical (unpaired) electrons. The first-order valence-electron chi connectivity index (χ1n) is 7.07. The van der Waals surface area contributed by atoms with Crippen molar-refractivity contribution < 1.29 is 0 Å². The van der Waals surface area contributed by atoms with Crippen LogP contribution in [0.15, 0.2) is 0 Å². The molecule has 2 atom stereocenters. The van der Waals surface area contributed by atoms with Crippen LogP contribution in [0.4, 0.5) is 0 Å². The second-order valence-electron chi connectivity index (χ2n) is 5.86. The SMILES string of the molecule is CCN(CC)CC1CC2CB(Cl)CC(C2)C1. The summed E-state index contributed by atoms with van der Waals surface area (Å²) in [4.78, 5) is 2.59. The van der Waals surface area contributed by atoms with Crippen molar-refractivity contribution in [1.29, 1.82) is 0 Å². The fourth-order valence-corrected chi connectivity index (χ4v) is 4.41. The molecule has 2 fully saturated rings. The van der Waals surface area contributed by atoms with Gasteiger partial charge >= 0.3 is 0 Å². The highest BCUT2D eigenvalue weighted by molar-refractivity contribution is 7.07. The standard InChI is InChI=1S/C13H25BClN/c1-3-16(4-2)10-13-6-11-5-12(7-13)9-14(15)8-11/h11-13H,3-10H2,1-2H3. The third-order valence-electron chi connectivity index (χ3n) is 4.59. The van der Waals surface area contributed by atoms with Crippen LogP contribution in [-0.2, 0) is 0 Å². The van der Waals surface area contributed by atoms with Crippen molar-refractivity contribution in [2.75, 3.05) is 19.6 Å². The van der Waals surface area contributed by atoms with Crippen LogP contribution in [0.5, 0.6) is 0 Å². The molecule has 2 unspecified atom stereocenters. The van der Waals surface area contributed by atoms with Crippen molar-refractivity contribution in [3.63, 3.8) is 0 Å². The lowest BCUT2D eigenvalue weighted by Gasteiger charge is -2.41. The molecule has 1 aliphatic carbocycles. The molecule has 0 aromatic rings. The molecule has 16 heavy (non-hydrogen) atoms. The summed E-state index contributed by atoms with van der Waals surface area (Å²) in [6, 6.07) is 0. The van der Waals surface area contributed by atoms with E-state index in [0.29, 0.717) is 6.13 Å². The summed E-state index contributed by atoms with van der Waals surface area (Å²) < 4.78 is 0. The zero-order valence-corrected chi connectivity index (χ0v) is 11.5. The second-order valence-corrected chi connectivity index (χ2v) is 6.48. The molecular formula is C13H25BClN. The first-order chi connectivity index (χ1) is 7.71. The van der Waals surface area contributed by atoms with Crippen LogP contribution >= 0.6 is 11.5 Å². The lowest BCUT2D eigenvalue weighted by Crippen LogP contribution is -2.37. The van der Waals surface area contributed by atoms with Crippen LogP contribution in [-0.4, -0.2) is 30.7 Å². The molecule has 0 N–H and O–H groups in total. The number of rotatable bonds is 4. The van der Waals surface area contributed by atoms with E-state index in [1.807, 2.05) is 0 Å². The Morgan fingerprint density at radius 1 is 1.06 bits per heavy atom. The second kappa shape index (κ2) is 5.77. The molecule has 0 spiro atoms. The Balaban J connectivity index is 1.85. The smallest absolute Gasteiger partial charge is 0.251 e. The highest BCUT2D eigenvalue weighted by atomic mass is 35.5. The van der Waals surface area contributed by atoms with E-state index in [0.717, 1.165) is 17.8 Å². The van der Waals surface area contributed by atoms with Gasteiger partial charge in [0.2, 0.25) is 0 Å². The van der Waals surface area contributed by atoms with Gasteiger partial charge in [-0.15, -0.1) is 0 Å². The summed E-state index contributed by atoms with van der Waals surface area (Å²) >= 11 is 6.32. The molecule has 0 aromatic carbocycles. The summed E-state index contributed by atoms with van der Waals surface area (Å²) in [5.41, 5.74) is 0. The van der Waals surface area contributed by atoms with E-state index in [1.165, 1.54) is 51.5 Å². The average molecular weight is 242 g/mol. The molecule has 0 amide bonds. The zero-order valence-electron chi connectivity index (χ0n) is 10.8. The first kappa shape index (κ1) is 12.8. The van der Waals surface area contributed by atoms with Gasteiger partial charge in [-0.2, -0.15) is 11.5 Å². The molecule has 1 saturated heterocycles. The van der Waals surface area contributed by atoms with Crippen molar-refractivity contribution in [3.05, 3.63) is 0 Å². The third kappa shape index (κ3) is 3.17. The van der Waals surface area contributed by atoms with Crippen LogP contribution < -0.4 is 0 Å². The molecule has 2 rings (SSSR count). The van der Waals surface area contributed by atoms with Crippen LogP contribution in [0.3, 0.4) is 0 Å². The molecule has 3 heteroatoms. The molecule has 92 valence electrons. The monoisotopic (exact) mass is 241 g/mol. The topological polar surface area (TPSA) is 3.24 Å². The number of fused-ring (bicyclic) bond motifs is 2. The summed E-state index contributed by atoms with van der Waals surface area (Å²) in [5, 5.41) is 0. The molecule has 2 bridgehead atoms. The van der Waals surface area contributed by atoms with E-state index in [1.54, 1.807) is 0 Å². The van der Waals surface area contributed by atoms with Crippen molar-refractivity contribution in [1.82, 2.24) is 4.90 Å². The van der Waals surface area contributed by atoms with Gasteiger partial charge in [0, 0.05) is 6.54 Å². The number of hydrogen-bond donors (Lipinski definition) is 0. The van der Waals surface area contributed by atoms with Crippen molar-refractivity contribution >= 4 is 17.6 Å². The zero-order chi connectivity index (χ0) is 11.5. The maximum Gasteiger partial charge on any atom is 0.251 e. The van der Waals surface area contributed by atoms with Gasteiger partial charge in [0.25, 0.3) is 6.13 Å². The van der Waals surface area contributed by atoms with Gasteiger partial charge in [0.15, 0.2) is 0 Å². The van der Waals surface area contributed by atoms with Gasteiger partial charge < -0.3 is 4.90 Å². The molecule has 1 heterocycles. The van der Waals surface area contributed by atoms with Crippen LogP contribution in [0.1, 0.15) is 33.1 Å². The molecule has 2 aliphatic rings. The minimum Gasteiger partial charge on any atom is -0.304 e. The van der Waals surface area contributed by atoms with Gasteiger partial charge in [0.05, 0.1) is 0 Å². The van der Waals surface area contributed by atoms with E-state index in [2.05, 4.69) is 18.7 Å². The normalized spacial score (nSPS) is 34.5.